The highest BCUT2D eigenvalue weighted by Gasteiger charge is 2.22. The summed E-state index contributed by atoms with van der Waals surface area (Å²) in [6, 6.07) is 16.9. The van der Waals surface area contributed by atoms with Crippen LogP contribution in [0.1, 0.15) is 24.0 Å². The van der Waals surface area contributed by atoms with Crippen molar-refractivity contribution in [3.05, 3.63) is 65.5 Å². The molecule has 0 saturated carbocycles. The first-order valence-corrected chi connectivity index (χ1v) is 10.4. The maximum atomic E-state index is 14.2. The highest BCUT2D eigenvalue weighted by Crippen LogP contribution is 2.39. The fraction of sp³-hybridized carbons (Fsp3) is 0.273. The Balaban J connectivity index is 1.65. The van der Waals surface area contributed by atoms with Crippen molar-refractivity contribution in [2.45, 2.75) is 25.4 Å². The number of nitrogens with one attached hydrogen (secondary N) is 1. The van der Waals surface area contributed by atoms with Crippen molar-refractivity contribution < 1.29 is 4.39 Å². The maximum absolute atomic E-state index is 14.2. The van der Waals surface area contributed by atoms with Crippen molar-refractivity contribution in [2.75, 3.05) is 23.3 Å². The number of benzene rings is 2. The largest absolute Gasteiger partial charge is 0.371 e. The van der Waals surface area contributed by atoms with Crippen LogP contribution in [0, 0.1) is 17.1 Å². The molecule has 3 N–H and O–H groups in total. The Bertz CT molecular complexity index is 1020. The summed E-state index contributed by atoms with van der Waals surface area (Å²) in [5.41, 5.74) is 8.59. The van der Waals surface area contributed by atoms with E-state index in [0.717, 1.165) is 41.6 Å². The molecule has 2 heterocycles. The fourth-order valence-electron chi connectivity index (χ4n) is 3.38. The van der Waals surface area contributed by atoms with Crippen LogP contribution < -0.4 is 16.0 Å². The van der Waals surface area contributed by atoms with E-state index in [-0.39, 0.29) is 11.6 Å². The van der Waals surface area contributed by atoms with Crippen molar-refractivity contribution >= 4 is 21.5 Å². The van der Waals surface area contributed by atoms with E-state index in [4.69, 9.17) is 16.0 Å². The lowest BCUT2D eigenvalue weighted by atomic mass is 10.1. The minimum atomic E-state index is -0.530. The average molecular weight is 408 g/mol. The first-order valence-electron chi connectivity index (χ1n) is 9.63. The molecule has 0 aliphatic carbocycles. The Morgan fingerprint density at radius 2 is 1.97 bits per heavy atom. The minimum Gasteiger partial charge on any atom is -0.371 e. The van der Waals surface area contributed by atoms with Crippen molar-refractivity contribution in [3.8, 4) is 17.3 Å². The van der Waals surface area contributed by atoms with E-state index in [9.17, 15) is 4.39 Å². The van der Waals surface area contributed by atoms with Gasteiger partial charge in [0.05, 0.1) is 5.56 Å². The third-order valence-electron chi connectivity index (χ3n) is 5.08. The summed E-state index contributed by atoms with van der Waals surface area (Å²) in [4.78, 5) is 7.07. The summed E-state index contributed by atoms with van der Waals surface area (Å²) < 4.78 is 14.2. The second-order valence-corrected chi connectivity index (χ2v) is 8.12. The number of hydrogen-bond acceptors (Lipinski definition) is 6. The third kappa shape index (κ3) is 4.39. The van der Waals surface area contributed by atoms with Gasteiger partial charge in [0.15, 0.2) is 5.13 Å². The van der Waals surface area contributed by atoms with Gasteiger partial charge < -0.3 is 16.0 Å². The van der Waals surface area contributed by atoms with Gasteiger partial charge in [-0.3, -0.25) is 0 Å². The minimum absolute atomic E-state index is 0.0352. The highest BCUT2D eigenvalue weighted by atomic mass is 32.1. The molecule has 0 amide bonds. The number of nitrogens with zero attached hydrogens (tertiary/aromatic N) is 3. The second kappa shape index (κ2) is 8.60. The molecular formula is C22H22FN5S. The monoisotopic (exact) mass is 407 g/mol. The van der Waals surface area contributed by atoms with E-state index in [1.165, 1.54) is 12.1 Å². The van der Waals surface area contributed by atoms with Gasteiger partial charge in [0.1, 0.15) is 22.6 Å². The Morgan fingerprint density at radius 1 is 1.21 bits per heavy atom. The molecule has 1 saturated heterocycles. The summed E-state index contributed by atoms with van der Waals surface area (Å²) in [5.74, 6) is -0.530. The average Bonchev–Trinajstić information content (AvgIpc) is 3.18. The SMILES string of the molecule is N#Cc1ccc(-c2nc(N3CCC(N)CC3)sc2NCc2ccccc2)cc1F. The smallest absolute Gasteiger partial charge is 0.187 e. The van der Waals surface area contributed by atoms with E-state index in [1.54, 1.807) is 17.4 Å². The Labute approximate surface area is 173 Å². The highest BCUT2D eigenvalue weighted by molar-refractivity contribution is 7.20. The van der Waals surface area contributed by atoms with Gasteiger partial charge in [-0.2, -0.15) is 5.26 Å². The lowest BCUT2D eigenvalue weighted by Gasteiger charge is -2.29. The zero-order chi connectivity index (χ0) is 20.2. The van der Waals surface area contributed by atoms with Crippen molar-refractivity contribution in [2.24, 2.45) is 5.73 Å². The Kier molecular flexibility index (Phi) is 5.74. The molecule has 0 bridgehead atoms. The van der Waals surface area contributed by atoms with Crippen LogP contribution in [-0.4, -0.2) is 24.1 Å². The van der Waals surface area contributed by atoms with Crippen LogP contribution in [0.4, 0.5) is 14.5 Å². The van der Waals surface area contributed by atoms with E-state index in [1.807, 2.05) is 24.3 Å². The van der Waals surface area contributed by atoms with Crippen LogP contribution in [0.5, 0.6) is 0 Å². The van der Waals surface area contributed by atoms with Gasteiger partial charge in [0.2, 0.25) is 0 Å². The van der Waals surface area contributed by atoms with Crippen molar-refractivity contribution in [1.29, 1.82) is 5.26 Å². The molecule has 0 unspecified atom stereocenters. The van der Waals surface area contributed by atoms with Gasteiger partial charge in [0.25, 0.3) is 0 Å². The predicted octanol–water partition coefficient (Wildman–Crippen LogP) is 4.36. The molecule has 2 aromatic carbocycles. The quantitative estimate of drug-likeness (QED) is 0.657. The summed E-state index contributed by atoms with van der Waals surface area (Å²) in [5, 5.41) is 14.3. The molecule has 1 aliphatic heterocycles. The first-order chi connectivity index (χ1) is 14.1. The van der Waals surface area contributed by atoms with Crippen molar-refractivity contribution in [1.82, 2.24) is 4.98 Å². The maximum Gasteiger partial charge on any atom is 0.187 e. The molecule has 0 spiro atoms. The fourth-order valence-corrected chi connectivity index (χ4v) is 4.42. The molecule has 5 nitrogen and oxygen atoms in total. The molecule has 29 heavy (non-hydrogen) atoms. The summed E-state index contributed by atoms with van der Waals surface area (Å²) in [6.45, 7) is 2.39. The standard InChI is InChI=1S/C22H22FN5S/c23-19-12-16(6-7-17(19)13-24)20-21(26-14-15-4-2-1-3-5-15)29-22(27-20)28-10-8-18(25)9-11-28/h1-7,12,18,26H,8-11,14,25H2. The second-order valence-electron chi connectivity index (χ2n) is 7.14. The number of hydrogen-bond donors (Lipinski definition) is 2. The molecule has 4 rings (SSSR count). The number of nitrogens with two attached hydrogens (primary N) is 1. The molecular weight excluding hydrogens is 385 g/mol. The number of aromatic nitrogens is 1. The zero-order valence-corrected chi connectivity index (χ0v) is 16.8. The number of thiazole rings is 1. The number of piperidine rings is 1. The first kappa shape index (κ1) is 19.4. The third-order valence-corrected chi connectivity index (χ3v) is 6.16. The van der Waals surface area contributed by atoms with E-state index >= 15 is 0 Å². The Morgan fingerprint density at radius 3 is 2.66 bits per heavy atom. The molecule has 0 atom stereocenters. The van der Waals surface area contributed by atoms with Crippen LogP contribution in [0.15, 0.2) is 48.5 Å². The number of rotatable bonds is 5. The lowest BCUT2D eigenvalue weighted by molar-refractivity contribution is 0.501. The lowest BCUT2D eigenvalue weighted by Crippen LogP contribution is -2.39. The molecule has 7 heteroatoms. The topological polar surface area (TPSA) is 78.0 Å². The molecule has 1 fully saturated rings. The molecule has 1 aromatic heterocycles. The van der Waals surface area contributed by atoms with E-state index in [0.29, 0.717) is 17.8 Å². The van der Waals surface area contributed by atoms with E-state index < -0.39 is 5.82 Å². The molecule has 3 aromatic rings. The molecule has 1 aliphatic rings. The van der Waals surface area contributed by atoms with Gasteiger partial charge in [-0.05, 0) is 30.5 Å². The van der Waals surface area contributed by atoms with Gasteiger partial charge in [-0.15, -0.1) is 0 Å². The van der Waals surface area contributed by atoms with Crippen LogP contribution in [0.2, 0.25) is 0 Å². The number of nitriles is 1. The number of anilines is 2. The van der Waals surface area contributed by atoms with Gasteiger partial charge >= 0.3 is 0 Å². The van der Waals surface area contributed by atoms with Crippen LogP contribution in [-0.2, 0) is 6.54 Å². The summed E-state index contributed by atoms with van der Waals surface area (Å²) >= 11 is 1.57. The van der Waals surface area contributed by atoms with Crippen molar-refractivity contribution in [3.63, 3.8) is 0 Å². The molecule has 0 radical (unpaired) electrons. The van der Waals surface area contributed by atoms with Gasteiger partial charge in [-0.1, -0.05) is 47.7 Å². The van der Waals surface area contributed by atoms with Crippen LogP contribution in [0.25, 0.3) is 11.3 Å². The predicted molar refractivity (Wildman–Crippen MR) is 115 cm³/mol. The Hall–Kier alpha value is -2.95. The number of halogens is 1. The molecule has 148 valence electrons. The van der Waals surface area contributed by atoms with Gasteiger partial charge in [0, 0.05) is 31.2 Å². The zero-order valence-electron chi connectivity index (χ0n) is 15.9. The summed E-state index contributed by atoms with van der Waals surface area (Å²) in [7, 11) is 0. The van der Waals surface area contributed by atoms with Crippen LogP contribution in [0.3, 0.4) is 0 Å². The summed E-state index contributed by atoms with van der Waals surface area (Å²) in [6.07, 6.45) is 1.88. The normalized spacial score (nSPS) is 14.6. The van der Waals surface area contributed by atoms with E-state index in [2.05, 4.69) is 22.3 Å². The van der Waals surface area contributed by atoms with Gasteiger partial charge in [-0.25, -0.2) is 9.37 Å². The van der Waals surface area contributed by atoms with Crippen LogP contribution >= 0.6 is 11.3 Å².